The molecule has 0 saturated carbocycles. The van der Waals surface area contributed by atoms with Crippen LogP contribution in [0.4, 0.5) is 5.69 Å². The molecular formula is C14H16ClNO2. The minimum absolute atomic E-state index is 0.181. The fraction of sp³-hybridized carbons (Fsp3) is 0.429. The Kier molecular flexibility index (Phi) is 2.78. The fourth-order valence-corrected chi connectivity index (χ4v) is 2.22. The first kappa shape index (κ1) is 13.1. The van der Waals surface area contributed by atoms with Gasteiger partial charge < -0.3 is 0 Å². The van der Waals surface area contributed by atoms with Crippen molar-refractivity contribution in [3.05, 3.63) is 29.3 Å². The van der Waals surface area contributed by atoms with Gasteiger partial charge in [-0.15, -0.1) is 0 Å². The SMILES string of the molecule is CC1(C)C(=O)N(c2cccc(Cl)c2)C(=O)C1(C)C. The largest absolute Gasteiger partial charge is 0.273 e. The summed E-state index contributed by atoms with van der Waals surface area (Å²) in [6.07, 6.45) is 0. The molecule has 18 heavy (non-hydrogen) atoms. The predicted octanol–water partition coefficient (Wildman–Crippen LogP) is 3.27. The third kappa shape index (κ3) is 1.57. The molecule has 0 bridgehead atoms. The van der Waals surface area contributed by atoms with E-state index < -0.39 is 10.8 Å². The van der Waals surface area contributed by atoms with Gasteiger partial charge >= 0.3 is 0 Å². The Labute approximate surface area is 112 Å². The summed E-state index contributed by atoms with van der Waals surface area (Å²) in [5, 5.41) is 0.510. The van der Waals surface area contributed by atoms with Gasteiger partial charge in [-0.2, -0.15) is 0 Å². The molecule has 0 unspecified atom stereocenters. The maximum absolute atomic E-state index is 12.4. The van der Waals surface area contributed by atoms with E-state index in [1.807, 2.05) is 0 Å². The first-order chi connectivity index (χ1) is 8.19. The lowest BCUT2D eigenvalue weighted by molar-refractivity contribution is -0.129. The van der Waals surface area contributed by atoms with E-state index in [1.54, 1.807) is 52.0 Å². The minimum Gasteiger partial charge on any atom is -0.273 e. The van der Waals surface area contributed by atoms with Gasteiger partial charge in [-0.1, -0.05) is 17.7 Å². The second kappa shape index (κ2) is 3.82. The number of rotatable bonds is 1. The molecule has 1 aromatic rings. The molecule has 2 rings (SSSR count). The van der Waals surface area contributed by atoms with Crippen molar-refractivity contribution in [2.45, 2.75) is 27.7 Å². The van der Waals surface area contributed by atoms with Crippen molar-refractivity contribution >= 4 is 29.1 Å². The lowest BCUT2D eigenvalue weighted by Crippen LogP contribution is -2.35. The molecule has 0 spiro atoms. The van der Waals surface area contributed by atoms with Crippen LogP contribution in [0.1, 0.15) is 27.7 Å². The molecule has 1 heterocycles. The zero-order valence-electron chi connectivity index (χ0n) is 11.0. The maximum Gasteiger partial charge on any atom is 0.240 e. The number of anilines is 1. The van der Waals surface area contributed by atoms with E-state index in [0.717, 1.165) is 0 Å². The molecule has 4 heteroatoms. The van der Waals surface area contributed by atoms with Gasteiger partial charge in [0.15, 0.2) is 0 Å². The third-order valence-electron chi connectivity index (χ3n) is 4.10. The molecule has 0 aromatic heterocycles. The van der Waals surface area contributed by atoms with Gasteiger partial charge in [0.2, 0.25) is 11.8 Å². The lowest BCUT2D eigenvalue weighted by Gasteiger charge is -2.28. The van der Waals surface area contributed by atoms with Crippen LogP contribution in [0.15, 0.2) is 24.3 Å². The number of hydrogen-bond acceptors (Lipinski definition) is 2. The normalized spacial score (nSPS) is 21.5. The standard InChI is InChI=1S/C14H16ClNO2/c1-13(2)11(17)16(12(18)14(13,3)4)10-7-5-6-9(15)8-10/h5-8H,1-4H3. The van der Waals surface area contributed by atoms with E-state index in [4.69, 9.17) is 11.6 Å². The molecule has 2 amide bonds. The highest BCUT2D eigenvalue weighted by Gasteiger charge is 2.59. The number of benzene rings is 1. The van der Waals surface area contributed by atoms with Gasteiger partial charge in [0.25, 0.3) is 0 Å². The Morgan fingerprint density at radius 2 is 1.50 bits per heavy atom. The third-order valence-corrected chi connectivity index (χ3v) is 4.34. The summed E-state index contributed by atoms with van der Waals surface area (Å²) >= 11 is 5.91. The lowest BCUT2D eigenvalue weighted by atomic mass is 9.70. The van der Waals surface area contributed by atoms with Crippen molar-refractivity contribution in [1.29, 1.82) is 0 Å². The highest BCUT2D eigenvalue weighted by molar-refractivity contribution is 6.31. The Morgan fingerprint density at radius 1 is 1.00 bits per heavy atom. The fourth-order valence-electron chi connectivity index (χ4n) is 2.04. The van der Waals surface area contributed by atoms with Crippen molar-refractivity contribution in [3.63, 3.8) is 0 Å². The van der Waals surface area contributed by atoms with E-state index in [2.05, 4.69) is 0 Å². The molecule has 0 atom stereocenters. The van der Waals surface area contributed by atoms with E-state index in [1.165, 1.54) is 4.90 Å². The summed E-state index contributed by atoms with van der Waals surface area (Å²) in [5.41, 5.74) is -0.894. The molecule has 1 aromatic carbocycles. The minimum atomic E-state index is -0.716. The van der Waals surface area contributed by atoms with Crippen molar-refractivity contribution in [2.24, 2.45) is 10.8 Å². The Morgan fingerprint density at radius 3 is 1.94 bits per heavy atom. The first-order valence-corrected chi connectivity index (χ1v) is 6.22. The van der Waals surface area contributed by atoms with Gasteiger partial charge in [0.05, 0.1) is 16.5 Å². The van der Waals surface area contributed by atoms with E-state index >= 15 is 0 Å². The van der Waals surface area contributed by atoms with Crippen molar-refractivity contribution < 1.29 is 9.59 Å². The molecule has 1 aliphatic rings. The van der Waals surface area contributed by atoms with Gasteiger partial charge in [-0.05, 0) is 45.9 Å². The van der Waals surface area contributed by atoms with E-state index in [0.29, 0.717) is 10.7 Å². The van der Waals surface area contributed by atoms with E-state index in [-0.39, 0.29) is 11.8 Å². The molecule has 96 valence electrons. The van der Waals surface area contributed by atoms with E-state index in [9.17, 15) is 9.59 Å². The average molecular weight is 266 g/mol. The zero-order chi connectivity index (χ0) is 13.7. The molecule has 0 radical (unpaired) electrons. The summed E-state index contributed by atoms with van der Waals surface area (Å²) in [6.45, 7) is 7.21. The Balaban J connectivity index is 2.55. The first-order valence-electron chi connectivity index (χ1n) is 5.84. The van der Waals surface area contributed by atoms with Crippen LogP contribution >= 0.6 is 11.6 Å². The van der Waals surface area contributed by atoms with Crippen LogP contribution in [0.25, 0.3) is 0 Å². The second-order valence-electron chi connectivity index (χ2n) is 5.68. The number of halogens is 1. The van der Waals surface area contributed by atoms with Crippen molar-refractivity contribution in [3.8, 4) is 0 Å². The van der Waals surface area contributed by atoms with Gasteiger partial charge in [0.1, 0.15) is 0 Å². The van der Waals surface area contributed by atoms with Crippen LogP contribution < -0.4 is 4.90 Å². The Bertz CT molecular complexity index is 508. The molecular weight excluding hydrogens is 250 g/mol. The zero-order valence-corrected chi connectivity index (χ0v) is 11.7. The molecule has 3 nitrogen and oxygen atoms in total. The number of nitrogens with zero attached hydrogens (tertiary/aromatic N) is 1. The van der Waals surface area contributed by atoms with Crippen molar-refractivity contribution in [1.82, 2.24) is 0 Å². The van der Waals surface area contributed by atoms with Gasteiger partial charge in [-0.25, -0.2) is 4.90 Å². The van der Waals surface area contributed by atoms with Crippen LogP contribution in [0, 0.1) is 10.8 Å². The second-order valence-corrected chi connectivity index (χ2v) is 6.11. The number of carbonyl (C=O) groups is 2. The highest BCUT2D eigenvalue weighted by Crippen LogP contribution is 2.48. The monoisotopic (exact) mass is 265 g/mol. The molecule has 1 aliphatic heterocycles. The summed E-state index contributed by atoms with van der Waals surface area (Å²) in [5.74, 6) is -0.362. The van der Waals surface area contributed by atoms with Crippen LogP contribution in [0.5, 0.6) is 0 Å². The van der Waals surface area contributed by atoms with Crippen LogP contribution in [0.3, 0.4) is 0 Å². The smallest absolute Gasteiger partial charge is 0.240 e. The average Bonchev–Trinajstić information content (AvgIpc) is 2.38. The van der Waals surface area contributed by atoms with Crippen LogP contribution in [0.2, 0.25) is 5.02 Å². The number of hydrogen-bond donors (Lipinski definition) is 0. The number of carbonyl (C=O) groups excluding carboxylic acids is 2. The highest BCUT2D eigenvalue weighted by atomic mass is 35.5. The van der Waals surface area contributed by atoms with Gasteiger partial charge in [-0.3, -0.25) is 9.59 Å². The quantitative estimate of drug-likeness (QED) is 0.731. The maximum atomic E-state index is 12.4. The molecule has 0 N–H and O–H groups in total. The summed E-state index contributed by atoms with van der Waals surface area (Å²) in [4.78, 5) is 26.1. The molecule has 0 aliphatic carbocycles. The van der Waals surface area contributed by atoms with Crippen molar-refractivity contribution in [2.75, 3.05) is 4.90 Å². The summed E-state index contributed by atoms with van der Waals surface area (Å²) in [6, 6.07) is 6.80. The molecule has 1 saturated heterocycles. The van der Waals surface area contributed by atoms with Gasteiger partial charge in [0, 0.05) is 5.02 Å². The summed E-state index contributed by atoms with van der Waals surface area (Å²) < 4.78 is 0. The number of amides is 2. The number of imide groups is 1. The Hall–Kier alpha value is -1.35. The van der Waals surface area contributed by atoms with Crippen LogP contribution in [-0.4, -0.2) is 11.8 Å². The predicted molar refractivity (Wildman–Crippen MR) is 71.5 cm³/mol. The molecule has 1 fully saturated rings. The summed E-state index contributed by atoms with van der Waals surface area (Å²) in [7, 11) is 0. The van der Waals surface area contributed by atoms with Crippen LogP contribution in [-0.2, 0) is 9.59 Å². The topological polar surface area (TPSA) is 37.4 Å².